The largest absolute Gasteiger partial charge is 0.305 e. The van der Waals surface area contributed by atoms with Crippen LogP contribution in [0.1, 0.15) is 17.5 Å². The third-order valence-corrected chi connectivity index (χ3v) is 2.33. The number of alkyl halides is 1. The molecule has 0 saturated heterocycles. The minimum absolute atomic E-state index is 0.490. The first-order chi connectivity index (χ1) is 7.56. The van der Waals surface area contributed by atoms with E-state index in [4.69, 9.17) is 0 Å². The molecule has 0 bridgehead atoms. The van der Waals surface area contributed by atoms with Crippen molar-refractivity contribution in [3.05, 3.63) is 39.2 Å². The monoisotopic (exact) mass is 285 g/mol. The fourth-order valence-electron chi connectivity index (χ4n) is 1.15. The highest BCUT2D eigenvalue weighted by Gasteiger charge is 2.15. The number of nitro benzene ring substituents is 1. The van der Waals surface area contributed by atoms with Gasteiger partial charge in [-0.15, -0.1) is 0 Å². The number of halogens is 2. The van der Waals surface area contributed by atoms with Crippen LogP contribution in [-0.2, 0) is 0 Å². The normalized spacial score (nSPS) is 9.44. The maximum Gasteiger partial charge on any atom is 0.305 e. The summed E-state index contributed by atoms with van der Waals surface area (Å²) in [5, 5.41) is 11.2. The van der Waals surface area contributed by atoms with Crippen LogP contribution in [0.5, 0.6) is 0 Å². The molecule has 3 nitrogen and oxygen atoms in total. The summed E-state index contributed by atoms with van der Waals surface area (Å²) in [6.07, 6.45) is 0.651. The summed E-state index contributed by atoms with van der Waals surface area (Å²) in [5.41, 5.74) is 0.586. The van der Waals surface area contributed by atoms with Crippen molar-refractivity contribution in [1.82, 2.24) is 0 Å². The topological polar surface area (TPSA) is 43.1 Å². The van der Waals surface area contributed by atoms with Crippen LogP contribution >= 0.6 is 15.9 Å². The molecule has 0 fully saturated rings. The first kappa shape index (κ1) is 12.7. The average molecular weight is 286 g/mol. The number of benzene rings is 1. The first-order valence-electron chi connectivity index (χ1n) is 4.55. The third-order valence-electron chi connectivity index (χ3n) is 1.93. The summed E-state index contributed by atoms with van der Waals surface area (Å²) in [6, 6.07) is 2.31. The molecule has 0 radical (unpaired) electrons. The van der Waals surface area contributed by atoms with E-state index in [2.05, 4.69) is 27.8 Å². The zero-order valence-corrected chi connectivity index (χ0v) is 10.2. The smallest absolute Gasteiger partial charge is 0.258 e. The van der Waals surface area contributed by atoms with Crippen molar-refractivity contribution < 1.29 is 9.31 Å². The van der Waals surface area contributed by atoms with E-state index in [0.717, 1.165) is 11.4 Å². The van der Waals surface area contributed by atoms with Crippen molar-refractivity contribution in [1.29, 1.82) is 0 Å². The molecule has 1 aromatic carbocycles. The Kier molecular flexibility index (Phi) is 4.44. The molecule has 0 aliphatic rings. The quantitative estimate of drug-likeness (QED) is 0.363. The van der Waals surface area contributed by atoms with E-state index in [1.165, 1.54) is 6.07 Å². The number of nitro groups is 1. The Balaban J connectivity index is 3.12. The molecule has 0 aliphatic heterocycles. The van der Waals surface area contributed by atoms with E-state index < -0.39 is 16.4 Å². The second kappa shape index (κ2) is 5.61. The molecule has 0 unspecified atom stereocenters. The number of hydrogen-bond acceptors (Lipinski definition) is 2. The lowest BCUT2D eigenvalue weighted by atomic mass is 10.1. The molecule has 1 aromatic rings. The number of hydrogen-bond donors (Lipinski definition) is 0. The second-order valence-corrected chi connectivity index (χ2v) is 3.91. The summed E-state index contributed by atoms with van der Waals surface area (Å²) < 4.78 is 13.3. The molecule has 16 heavy (non-hydrogen) atoms. The molecule has 0 N–H and O–H groups in total. The summed E-state index contributed by atoms with van der Waals surface area (Å²) in [4.78, 5) is 9.73. The lowest BCUT2D eigenvalue weighted by molar-refractivity contribution is -0.387. The van der Waals surface area contributed by atoms with Gasteiger partial charge in [-0.25, -0.2) is 0 Å². The lowest BCUT2D eigenvalue weighted by Gasteiger charge is -1.99. The minimum Gasteiger partial charge on any atom is -0.258 e. The fraction of sp³-hybridized carbons (Fsp3) is 0.273. The van der Waals surface area contributed by atoms with E-state index in [1.54, 1.807) is 6.92 Å². The molecule has 0 atom stereocenters. The molecule has 0 amide bonds. The summed E-state index contributed by atoms with van der Waals surface area (Å²) in [7, 11) is 0. The molecule has 84 valence electrons. The molecule has 0 saturated carbocycles. The fourth-order valence-corrected chi connectivity index (χ4v) is 1.34. The Hall–Kier alpha value is -1.41. The Morgan fingerprint density at radius 2 is 2.25 bits per heavy atom. The second-order valence-electron chi connectivity index (χ2n) is 3.12. The van der Waals surface area contributed by atoms with Crippen LogP contribution in [0, 0.1) is 34.7 Å². The van der Waals surface area contributed by atoms with Gasteiger partial charge in [-0.05, 0) is 18.6 Å². The molecular weight excluding hydrogens is 277 g/mol. The lowest BCUT2D eigenvalue weighted by Crippen LogP contribution is -1.95. The van der Waals surface area contributed by atoms with Gasteiger partial charge in [-0.1, -0.05) is 27.8 Å². The average Bonchev–Trinajstić information content (AvgIpc) is 2.22. The van der Waals surface area contributed by atoms with Crippen LogP contribution in [0.2, 0.25) is 0 Å². The highest BCUT2D eigenvalue weighted by molar-refractivity contribution is 9.09. The van der Waals surface area contributed by atoms with E-state index in [0.29, 0.717) is 17.5 Å². The van der Waals surface area contributed by atoms with Crippen LogP contribution in [0.3, 0.4) is 0 Å². The van der Waals surface area contributed by atoms with Gasteiger partial charge in [0.1, 0.15) is 0 Å². The first-order valence-corrected chi connectivity index (χ1v) is 5.67. The van der Waals surface area contributed by atoms with Gasteiger partial charge in [-0.3, -0.25) is 10.1 Å². The zero-order chi connectivity index (χ0) is 12.1. The third kappa shape index (κ3) is 3.04. The van der Waals surface area contributed by atoms with Gasteiger partial charge < -0.3 is 0 Å². The molecule has 0 aromatic heterocycles. The summed E-state index contributed by atoms with van der Waals surface area (Å²) in [6.45, 7) is 1.67. The van der Waals surface area contributed by atoms with Crippen LogP contribution in [0.25, 0.3) is 0 Å². The van der Waals surface area contributed by atoms with Crippen molar-refractivity contribution in [3.8, 4) is 11.8 Å². The van der Waals surface area contributed by atoms with Crippen molar-refractivity contribution >= 4 is 21.6 Å². The highest BCUT2D eigenvalue weighted by Crippen LogP contribution is 2.21. The summed E-state index contributed by atoms with van der Waals surface area (Å²) in [5.74, 6) is 4.76. The molecular formula is C11H9BrFNO2. The van der Waals surface area contributed by atoms with Gasteiger partial charge in [0.05, 0.1) is 4.92 Å². The highest BCUT2D eigenvalue weighted by atomic mass is 79.9. The Labute approximate surface area is 101 Å². The van der Waals surface area contributed by atoms with E-state index >= 15 is 0 Å². The van der Waals surface area contributed by atoms with Gasteiger partial charge in [0.25, 0.3) is 0 Å². The Bertz CT molecular complexity index is 477. The number of nitrogens with zero attached hydrogens (tertiary/aromatic N) is 1. The van der Waals surface area contributed by atoms with Crippen molar-refractivity contribution in [3.63, 3.8) is 0 Å². The zero-order valence-electron chi connectivity index (χ0n) is 8.59. The maximum atomic E-state index is 13.3. The van der Waals surface area contributed by atoms with Gasteiger partial charge in [0.15, 0.2) is 0 Å². The van der Waals surface area contributed by atoms with Crippen LogP contribution in [-0.4, -0.2) is 10.3 Å². The van der Waals surface area contributed by atoms with E-state index in [9.17, 15) is 14.5 Å². The van der Waals surface area contributed by atoms with Gasteiger partial charge in [-0.2, -0.15) is 4.39 Å². The van der Waals surface area contributed by atoms with E-state index in [1.807, 2.05) is 0 Å². The summed E-state index contributed by atoms with van der Waals surface area (Å²) >= 11 is 3.22. The molecule has 0 heterocycles. The van der Waals surface area contributed by atoms with Gasteiger partial charge in [0, 0.05) is 23.4 Å². The van der Waals surface area contributed by atoms with Crippen molar-refractivity contribution in [2.24, 2.45) is 0 Å². The molecule has 0 spiro atoms. The standard InChI is InChI=1S/C11H9BrFNO2/c1-8-6-11(14(15)16)10(13)7-9(8)4-2-3-5-12/h6-7H,3,5H2,1H3. The van der Waals surface area contributed by atoms with Crippen LogP contribution in [0.15, 0.2) is 12.1 Å². The number of aryl methyl sites for hydroxylation is 1. The predicted molar refractivity (Wildman–Crippen MR) is 63.1 cm³/mol. The Morgan fingerprint density at radius 3 is 2.81 bits per heavy atom. The Morgan fingerprint density at radius 1 is 1.56 bits per heavy atom. The molecule has 0 aliphatic carbocycles. The molecule has 5 heteroatoms. The SMILES string of the molecule is Cc1cc([N+](=O)[O-])c(F)cc1C#CCCBr. The van der Waals surface area contributed by atoms with Crippen LogP contribution < -0.4 is 0 Å². The van der Waals surface area contributed by atoms with Crippen molar-refractivity contribution in [2.45, 2.75) is 13.3 Å². The predicted octanol–water partition coefficient (Wildman–Crippen LogP) is 3.18. The van der Waals surface area contributed by atoms with Gasteiger partial charge >= 0.3 is 5.69 Å². The van der Waals surface area contributed by atoms with Crippen molar-refractivity contribution in [2.75, 3.05) is 5.33 Å². The van der Waals surface area contributed by atoms with Gasteiger partial charge in [0.2, 0.25) is 5.82 Å². The number of rotatable bonds is 2. The van der Waals surface area contributed by atoms with E-state index in [-0.39, 0.29) is 0 Å². The minimum atomic E-state index is -0.848. The maximum absolute atomic E-state index is 13.3. The van der Waals surface area contributed by atoms with Crippen LogP contribution in [0.4, 0.5) is 10.1 Å². The molecule has 1 rings (SSSR count).